The van der Waals surface area contributed by atoms with E-state index in [1.54, 1.807) is 6.92 Å². The summed E-state index contributed by atoms with van der Waals surface area (Å²) in [4.78, 5) is 11.5. The van der Waals surface area contributed by atoms with Crippen LogP contribution in [-0.4, -0.2) is 18.1 Å². The monoisotopic (exact) mass is 286 g/mol. The van der Waals surface area contributed by atoms with E-state index in [0.717, 1.165) is 11.3 Å². The molecule has 0 saturated heterocycles. The first-order valence-electron chi connectivity index (χ1n) is 6.22. The molecule has 1 unspecified atom stereocenters. The molecule has 0 radical (unpaired) electrons. The van der Waals surface area contributed by atoms with Gasteiger partial charge in [0.25, 0.3) is 0 Å². The van der Waals surface area contributed by atoms with Crippen LogP contribution in [0, 0.1) is 0 Å². The van der Waals surface area contributed by atoms with Gasteiger partial charge in [-0.1, -0.05) is 12.1 Å². The maximum absolute atomic E-state index is 11.5. The maximum Gasteiger partial charge on any atom is 0.237 e. The summed E-state index contributed by atoms with van der Waals surface area (Å²) in [5, 5.41) is 2.86. The Balaban J connectivity index is 0.00000324. The van der Waals surface area contributed by atoms with E-state index in [2.05, 4.69) is 5.32 Å². The van der Waals surface area contributed by atoms with Crippen LogP contribution in [0.5, 0.6) is 5.75 Å². The van der Waals surface area contributed by atoms with Crippen molar-refractivity contribution in [3.8, 4) is 5.75 Å². The summed E-state index contributed by atoms with van der Waals surface area (Å²) >= 11 is 0. The third-order valence-corrected chi connectivity index (χ3v) is 2.50. The lowest BCUT2D eigenvalue weighted by molar-refractivity contribution is -0.122. The number of benzene rings is 1. The van der Waals surface area contributed by atoms with Crippen molar-refractivity contribution in [2.24, 2.45) is 5.73 Å². The summed E-state index contributed by atoms with van der Waals surface area (Å²) in [6.07, 6.45) is 0.134. The molecular weight excluding hydrogens is 264 g/mol. The van der Waals surface area contributed by atoms with Crippen molar-refractivity contribution in [3.05, 3.63) is 29.8 Å². The van der Waals surface area contributed by atoms with Crippen LogP contribution >= 0.6 is 12.4 Å². The molecule has 0 aliphatic rings. The number of nitrogens with two attached hydrogens (primary N) is 1. The molecule has 19 heavy (non-hydrogen) atoms. The van der Waals surface area contributed by atoms with Crippen molar-refractivity contribution in [3.63, 3.8) is 0 Å². The maximum atomic E-state index is 11.5. The number of amides is 1. The molecule has 0 fully saturated rings. The van der Waals surface area contributed by atoms with Crippen molar-refractivity contribution in [1.29, 1.82) is 0 Å². The average Bonchev–Trinajstić information content (AvgIpc) is 2.28. The number of carbonyl (C=O) groups excluding carboxylic acids is 1. The van der Waals surface area contributed by atoms with E-state index >= 15 is 0 Å². The Kier molecular flexibility index (Phi) is 7.49. The summed E-state index contributed by atoms with van der Waals surface area (Å²) in [7, 11) is 0. The topological polar surface area (TPSA) is 64.3 Å². The van der Waals surface area contributed by atoms with E-state index in [-0.39, 0.29) is 30.5 Å². The molecule has 1 rings (SSSR count). The van der Waals surface area contributed by atoms with Gasteiger partial charge in [-0.05, 0) is 45.4 Å². The Morgan fingerprint density at radius 2 is 1.89 bits per heavy atom. The number of carbonyl (C=O) groups is 1. The summed E-state index contributed by atoms with van der Waals surface area (Å²) < 4.78 is 5.62. The van der Waals surface area contributed by atoms with Gasteiger partial charge in [-0.25, -0.2) is 0 Å². The Labute approximate surface area is 121 Å². The van der Waals surface area contributed by atoms with Gasteiger partial charge in [-0.15, -0.1) is 12.4 Å². The van der Waals surface area contributed by atoms with Crippen LogP contribution in [-0.2, 0) is 4.79 Å². The zero-order valence-electron chi connectivity index (χ0n) is 11.8. The molecule has 1 aromatic rings. The molecule has 4 nitrogen and oxygen atoms in total. The first kappa shape index (κ1) is 17.7. The van der Waals surface area contributed by atoms with E-state index in [0.29, 0.717) is 0 Å². The van der Waals surface area contributed by atoms with Crippen LogP contribution in [0.3, 0.4) is 0 Å². The molecule has 1 aromatic carbocycles. The predicted octanol–water partition coefficient (Wildman–Crippen LogP) is 2.42. The molecule has 0 heterocycles. The van der Waals surface area contributed by atoms with E-state index in [9.17, 15) is 4.79 Å². The van der Waals surface area contributed by atoms with E-state index in [4.69, 9.17) is 10.5 Å². The van der Waals surface area contributed by atoms with Gasteiger partial charge in [0.05, 0.1) is 18.2 Å². The minimum Gasteiger partial charge on any atom is -0.491 e. The lowest BCUT2D eigenvalue weighted by Gasteiger charge is -2.17. The van der Waals surface area contributed by atoms with Crippen molar-refractivity contribution >= 4 is 18.3 Å². The number of ether oxygens (including phenoxy) is 1. The lowest BCUT2D eigenvalue weighted by atomic mass is 10.1. The van der Waals surface area contributed by atoms with Crippen LogP contribution in [0.15, 0.2) is 24.3 Å². The fraction of sp³-hybridized carbons (Fsp3) is 0.500. The van der Waals surface area contributed by atoms with Gasteiger partial charge in [-0.2, -0.15) is 0 Å². The number of hydrogen-bond acceptors (Lipinski definition) is 3. The first-order chi connectivity index (χ1) is 8.40. The van der Waals surface area contributed by atoms with Gasteiger partial charge >= 0.3 is 0 Å². The second-order valence-electron chi connectivity index (χ2n) is 4.76. The third-order valence-electron chi connectivity index (χ3n) is 2.50. The number of halogens is 1. The van der Waals surface area contributed by atoms with Crippen LogP contribution in [0.25, 0.3) is 0 Å². The number of rotatable bonds is 5. The van der Waals surface area contributed by atoms with Crippen molar-refractivity contribution in [1.82, 2.24) is 5.32 Å². The first-order valence-corrected chi connectivity index (χ1v) is 6.22. The second kappa shape index (κ2) is 8.02. The highest BCUT2D eigenvalue weighted by atomic mass is 35.5. The van der Waals surface area contributed by atoms with Crippen LogP contribution < -0.4 is 15.8 Å². The van der Waals surface area contributed by atoms with Gasteiger partial charge in [0.1, 0.15) is 5.75 Å². The third kappa shape index (κ3) is 5.94. The predicted molar refractivity (Wildman–Crippen MR) is 79.7 cm³/mol. The van der Waals surface area contributed by atoms with Crippen LogP contribution in [0.4, 0.5) is 0 Å². The fourth-order valence-corrected chi connectivity index (χ4v) is 1.56. The van der Waals surface area contributed by atoms with Crippen molar-refractivity contribution in [2.45, 2.75) is 45.9 Å². The Morgan fingerprint density at radius 1 is 1.26 bits per heavy atom. The molecule has 0 bridgehead atoms. The van der Waals surface area contributed by atoms with E-state index < -0.39 is 6.04 Å². The van der Waals surface area contributed by atoms with E-state index in [1.165, 1.54) is 0 Å². The lowest BCUT2D eigenvalue weighted by Crippen LogP contribution is -2.39. The average molecular weight is 287 g/mol. The fourth-order valence-electron chi connectivity index (χ4n) is 1.56. The number of hydrogen-bond donors (Lipinski definition) is 2. The SMILES string of the molecule is CC(C)Oc1cccc(C(C)NC(=O)[C@@H](C)N)c1.Cl. The van der Waals surface area contributed by atoms with Crippen molar-refractivity contribution in [2.75, 3.05) is 0 Å². The Bertz CT molecular complexity index is 408. The molecule has 3 N–H and O–H groups in total. The minimum absolute atomic E-state index is 0. The molecule has 5 heteroatoms. The summed E-state index contributed by atoms with van der Waals surface area (Å²) in [6.45, 7) is 7.55. The highest BCUT2D eigenvalue weighted by Crippen LogP contribution is 2.20. The summed E-state index contributed by atoms with van der Waals surface area (Å²) in [5.41, 5.74) is 6.52. The molecule has 0 saturated carbocycles. The van der Waals surface area contributed by atoms with Crippen LogP contribution in [0.1, 0.15) is 39.3 Å². The van der Waals surface area contributed by atoms with Gasteiger partial charge < -0.3 is 15.8 Å². The highest BCUT2D eigenvalue weighted by molar-refractivity contribution is 5.85. The molecule has 2 atom stereocenters. The van der Waals surface area contributed by atoms with E-state index in [1.807, 2.05) is 45.0 Å². The molecular formula is C14H23ClN2O2. The Hall–Kier alpha value is -1.26. The highest BCUT2D eigenvalue weighted by Gasteiger charge is 2.13. The molecule has 0 aromatic heterocycles. The van der Waals surface area contributed by atoms with Gasteiger partial charge in [-0.3, -0.25) is 4.79 Å². The zero-order valence-corrected chi connectivity index (χ0v) is 12.7. The van der Waals surface area contributed by atoms with Crippen LogP contribution in [0.2, 0.25) is 0 Å². The van der Waals surface area contributed by atoms with Gasteiger partial charge in [0, 0.05) is 0 Å². The van der Waals surface area contributed by atoms with Gasteiger partial charge in [0.15, 0.2) is 0 Å². The zero-order chi connectivity index (χ0) is 13.7. The molecule has 108 valence electrons. The quantitative estimate of drug-likeness (QED) is 0.874. The number of nitrogens with one attached hydrogen (secondary N) is 1. The molecule has 0 spiro atoms. The second-order valence-corrected chi connectivity index (χ2v) is 4.76. The van der Waals surface area contributed by atoms with Crippen molar-refractivity contribution < 1.29 is 9.53 Å². The standard InChI is InChI=1S/C14H22N2O2.ClH/c1-9(2)18-13-7-5-6-12(8-13)11(4)16-14(17)10(3)15;/h5-11H,15H2,1-4H3,(H,16,17);1H/t10-,11?;/m1./s1. The Morgan fingerprint density at radius 3 is 2.42 bits per heavy atom. The minimum atomic E-state index is -0.498. The molecule has 0 aliphatic carbocycles. The largest absolute Gasteiger partial charge is 0.491 e. The molecule has 1 amide bonds. The summed E-state index contributed by atoms with van der Waals surface area (Å²) in [6, 6.07) is 7.14. The summed E-state index contributed by atoms with van der Waals surface area (Å²) in [5.74, 6) is 0.655. The normalized spacial score (nSPS) is 13.4. The van der Waals surface area contributed by atoms with Gasteiger partial charge in [0.2, 0.25) is 5.91 Å². The molecule has 0 aliphatic heterocycles. The smallest absolute Gasteiger partial charge is 0.237 e.